The molecule has 106 valence electrons. The number of rotatable bonds is 4. The van der Waals surface area contributed by atoms with Crippen molar-refractivity contribution < 1.29 is 13.2 Å². The first kappa shape index (κ1) is 15.1. The van der Waals surface area contributed by atoms with E-state index in [0.29, 0.717) is 18.6 Å². The van der Waals surface area contributed by atoms with Crippen molar-refractivity contribution in [1.29, 1.82) is 0 Å². The Morgan fingerprint density at radius 1 is 1.10 bits per heavy atom. The molecule has 1 N–H and O–H groups in total. The van der Waals surface area contributed by atoms with Crippen LogP contribution in [0.15, 0.2) is 40.9 Å². The Morgan fingerprint density at radius 2 is 1.70 bits per heavy atom. The van der Waals surface area contributed by atoms with Crippen LogP contribution in [0.25, 0.3) is 0 Å². The van der Waals surface area contributed by atoms with Gasteiger partial charge in [0.05, 0.1) is 0 Å². The van der Waals surface area contributed by atoms with Gasteiger partial charge in [0.25, 0.3) is 0 Å². The van der Waals surface area contributed by atoms with Crippen molar-refractivity contribution >= 4 is 15.9 Å². The summed E-state index contributed by atoms with van der Waals surface area (Å²) in [5, 5.41) is 2.87. The predicted octanol–water partition coefficient (Wildman–Crippen LogP) is 4.37. The molecule has 0 fully saturated rings. The third kappa shape index (κ3) is 3.22. The number of hydrogen-bond acceptors (Lipinski definition) is 1. The molecule has 1 nitrogen and oxygen atoms in total. The fraction of sp³-hybridized carbons (Fsp3) is 0.200. The molecule has 20 heavy (non-hydrogen) atoms. The molecule has 0 aliphatic rings. The fourth-order valence-corrected chi connectivity index (χ4v) is 2.57. The highest BCUT2D eigenvalue weighted by Crippen LogP contribution is 2.27. The lowest BCUT2D eigenvalue weighted by Crippen LogP contribution is -2.22. The van der Waals surface area contributed by atoms with E-state index in [1.165, 1.54) is 0 Å². The topological polar surface area (TPSA) is 12.0 Å². The zero-order chi connectivity index (χ0) is 14.7. The molecule has 0 aliphatic carbocycles. The molecule has 0 aromatic heterocycles. The third-order valence-corrected chi connectivity index (χ3v) is 3.90. The van der Waals surface area contributed by atoms with Crippen LogP contribution in [0.4, 0.5) is 13.2 Å². The summed E-state index contributed by atoms with van der Waals surface area (Å²) in [5.41, 5.74) is 0.764. The molecular formula is C15H13BrF3N. The Bertz CT molecular complexity index is 593. The summed E-state index contributed by atoms with van der Waals surface area (Å²) in [5.74, 6) is -2.68. The summed E-state index contributed by atoms with van der Waals surface area (Å²) >= 11 is 3.40. The zero-order valence-electron chi connectivity index (χ0n) is 10.8. The van der Waals surface area contributed by atoms with E-state index < -0.39 is 23.5 Å². The second-order valence-corrected chi connectivity index (χ2v) is 5.27. The molecule has 0 spiro atoms. The van der Waals surface area contributed by atoms with E-state index >= 15 is 0 Å². The minimum atomic E-state index is -0.917. The Hall–Kier alpha value is -1.33. The molecule has 2 rings (SSSR count). The van der Waals surface area contributed by atoms with Gasteiger partial charge in [-0.1, -0.05) is 34.1 Å². The second kappa shape index (κ2) is 6.41. The number of halogens is 4. The van der Waals surface area contributed by atoms with Crippen LogP contribution < -0.4 is 5.32 Å². The first-order valence-corrected chi connectivity index (χ1v) is 6.87. The van der Waals surface area contributed by atoms with Gasteiger partial charge in [-0.25, -0.2) is 13.2 Å². The van der Waals surface area contributed by atoms with E-state index in [4.69, 9.17) is 0 Å². The van der Waals surface area contributed by atoms with Gasteiger partial charge in [0.15, 0.2) is 0 Å². The summed E-state index contributed by atoms with van der Waals surface area (Å²) in [6, 6.07) is 8.26. The maximum Gasteiger partial charge on any atom is 0.133 e. The molecular weight excluding hydrogens is 331 g/mol. The largest absolute Gasteiger partial charge is 0.313 e. The number of hydrogen-bond donors (Lipinski definition) is 1. The number of likely N-dealkylation sites (N-methyl/N-ethyl adjacent to an activating group) is 1. The lowest BCUT2D eigenvalue weighted by atomic mass is 9.98. The highest BCUT2D eigenvalue weighted by Gasteiger charge is 2.21. The molecule has 0 heterocycles. The molecule has 5 heteroatoms. The number of benzene rings is 2. The van der Waals surface area contributed by atoms with Gasteiger partial charge in [-0.15, -0.1) is 0 Å². The van der Waals surface area contributed by atoms with Gasteiger partial charge < -0.3 is 5.32 Å². The van der Waals surface area contributed by atoms with Gasteiger partial charge in [-0.05, 0) is 25.1 Å². The smallest absolute Gasteiger partial charge is 0.133 e. The minimum absolute atomic E-state index is 0.148. The summed E-state index contributed by atoms with van der Waals surface area (Å²) in [4.78, 5) is 0. The fourth-order valence-electron chi connectivity index (χ4n) is 2.12. The van der Waals surface area contributed by atoms with Crippen LogP contribution in [0.1, 0.15) is 17.2 Å². The van der Waals surface area contributed by atoms with Crippen molar-refractivity contribution in [1.82, 2.24) is 5.32 Å². The third-order valence-electron chi connectivity index (χ3n) is 3.12. The van der Waals surface area contributed by atoms with E-state index in [-0.39, 0.29) is 5.56 Å². The Labute approximate surface area is 123 Å². The highest BCUT2D eigenvalue weighted by atomic mass is 79.9. The summed E-state index contributed by atoms with van der Waals surface area (Å²) < 4.78 is 41.5. The summed E-state index contributed by atoms with van der Waals surface area (Å²) in [7, 11) is 1.61. The Morgan fingerprint density at radius 3 is 2.25 bits per heavy atom. The van der Waals surface area contributed by atoms with E-state index in [1.807, 2.05) is 24.3 Å². The first-order valence-electron chi connectivity index (χ1n) is 6.08. The predicted molar refractivity (Wildman–Crippen MR) is 76.0 cm³/mol. The average Bonchev–Trinajstić information content (AvgIpc) is 2.38. The SMILES string of the molecule is CNC(Cc1ccccc1Br)c1c(F)cc(F)cc1F. The highest BCUT2D eigenvalue weighted by molar-refractivity contribution is 9.10. The van der Waals surface area contributed by atoms with Gasteiger partial charge >= 0.3 is 0 Å². The van der Waals surface area contributed by atoms with Crippen molar-refractivity contribution in [3.63, 3.8) is 0 Å². The van der Waals surface area contributed by atoms with E-state index in [9.17, 15) is 13.2 Å². The van der Waals surface area contributed by atoms with Crippen LogP contribution in [-0.4, -0.2) is 7.05 Å². The Kier molecular flexibility index (Phi) is 4.83. The first-order chi connectivity index (χ1) is 9.52. The number of nitrogens with one attached hydrogen (secondary N) is 1. The van der Waals surface area contributed by atoms with Gasteiger partial charge in [0, 0.05) is 28.2 Å². The maximum atomic E-state index is 13.8. The normalized spacial score (nSPS) is 12.4. The van der Waals surface area contributed by atoms with Crippen molar-refractivity contribution in [2.75, 3.05) is 7.05 Å². The minimum Gasteiger partial charge on any atom is -0.313 e. The molecule has 0 radical (unpaired) electrons. The van der Waals surface area contributed by atoms with E-state index in [1.54, 1.807) is 7.05 Å². The molecule has 1 atom stereocenters. The molecule has 0 bridgehead atoms. The molecule has 0 aliphatic heterocycles. The van der Waals surface area contributed by atoms with Crippen LogP contribution in [0.2, 0.25) is 0 Å². The van der Waals surface area contributed by atoms with Crippen molar-refractivity contribution in [3.8, 4) is 0 Å². The summed E-state index contributed by atoms with van der Waals surface area (Å²) in [6.07, 6.45) is 0.386. The van der Waals surface area contributed by atoms with Crippen LogP contribution in [0.5, 0.6) is 0 Å². The summed E-state index contributed by atoms with van der Waals surface area (Å²) in [6.45, 7) is 0. The van der Waals surface area contributed by atoms with Crippen LogP contribution in [0, 0.1) is 17.5 Å². The maximum absolute atomic E-state index is 13.8. The quantitative estimate of drug-likeness (QED) is 0.869. The molecule has 1 unspecified atom stereocenters. The zero-order valence-corrected chi connectivity index (χ0v) is 12.3. The lowest BCUT2D eigenvalue weighted by molar-refractivity contribution is 0.475. The van der Waals surface area contributed by atoms with Crippen LogP contribution >= 0.6 is 15.9 Å². The standard InChI is InChI=1S/C15H13BrF3N/c1-20-14(6-9-4-2-3-5-11(9)16)15-12(18)7-10(17)8-13(15)19/h2-5,7-8,14,20H,6H2,1H3. The van der Waals surface area contributed by atoms with Crippen molar-refractivity contribution in [2.24, 2.45) is 0 Å². The second-order valence-electron chi connectivity index (χ2n) is 4.42. The van der Waals surface area contributed by atoms with Crippen LogP contribution in [0.3, 0.4) is 0 Å². The molecule has 0 amide bonds. The monoisotopic (exact) mass is 343 g/mol. The van der Waals surface area contributed by atoms with E-state index in [0.717, 1.165) is 10.0 Å². The molecule has 0 saturated carbocycles. The lowest BCUT2D eigenvalue weighted by Gasteiger charge is -2.19. The molecule has 2 aromatic rings. The van der Waals surface area contributed by atoms with Gasteiger partial charge in [0.1, 0.15) is 17.5 Å². The van der Waals surface area contributed by atoms with Crippen LogP contribution in [-0.2, 0) is 6.42 Å². The van der Waals surface area contributed by atoms with E-state index in [2.05, 4.69) is 21.2 Å². The molecule has 2 aromatic carbocycles. The molecule has 0 saturated heterocycles. The average molecular weight is 344 g/mol. The van der Waals surface area contributed by atoms with Gasteiger partial charge in [-0.3, -0.25) is 0 Å². The Balaban J connectivity index is 2.37. The van der Waals surface area contributed by atoms with Crippen molar-refractivity contribution in [2.45, 2.75) is 12.5 Å². The van der Waals surface area contributed by atoms with Gasteiger partial charge in [-0.2, -0.15) is 0 Å². The van der Waals surface area contributed by atoms with Crippen molar-refractivity contribution in [3.05, 3.63) is 69.4 Å². The van der Waals surface area contributed by atoms with Gasteiger partial charge in [0.2, 0.25) is 0 Å².